The van der Waals surface area contributed by atoms with E-state index in [0.29, 0.717) is 17.9 Å². The number of likely N-dealkylation sites (N-methyl/N-ethyl adjacent to an activating group) is 1. The molecule has 2 fully saturated rings. The van der Waals surface area contributed by atoms with Gasteiger partial charge in [0.25, 0.3) is 5.91 Å². The molecule has 0 aromatic rings. The van der Waals surface area contributed by atoms with Gasteiger partial charge in [-0.15, -0.1) is 0 Å². The van der Waals surface area contributed by atoms with Crippen LogP contribution in [0.2, 0.25) is 0 Å². The van der Waals surface area contributed by atoms with Gasteiger partial charge in [0, 0.05) is 13.1 Å². The summed E-state index contributed by atoms with van der Waals surface area (Å²) in [6.45, 7) is -0.0938. The van der Waals surface area contributed by atoms with Crippen molar-refractivity contribution in [2.24, 2.45) is 17.8 Å². The summed E-state index contributed by atoms with van der Waals surface area (Å²) in [6.07, 6.45) is 12.1. The molecule has 116 valence electrons. The zero-order chi connectivity index (χ0) is 14.8. The topological polar surface area (TPSA) is 46.6 Å². The number of amides is 1. The van der Waals surface area contributed by atoms with Gasteiger partial charge in [0.15, 0.2) is 6.61 Å². The van der Waals surface area contributed by atoms with Gasteiger partial charge < -0.3 is 9.64 Å². The molecular formula is C17H25NO3. The highest BCUT2D eigenvalue weighted by molar-refractivity contribution is 5.81. The average Bonchev–Trinajstić information content (AvgIpc) is 3.15. The van der Waals surface area contributed by atoms with E-state index in [-0.39, 0.29) is 24.4 Å². The van der Waals surface area contributed by atoms with Gasteiger partial charge in [-0.25, -0.2) is 0 Å². The van der Waals surface area contributed by atoms with Crippen molar-refractivity contribution in [2.75, 3.05) is 13.7 Å². The fourth-order valence-electron chi connectivity index (χ4n) is 4.07. The summed E-state index contributed by atoms with van der Waals surface area (Å²) in [5, 5.41) is 0. The van der Waals surface area contributed by atoms with Crippen LogP contribution in [0.3, 0.4) is 0 Å². The lowest BCUT2D eigenvalue weighted by Gasteiger charge is -2.31. The van der Waals surface area contributed by atoms with Crippen molar-refractivity contribution in [3.63, 3.8) is 0 Å². The predicted molar refractivity (Wildman–Crippen MR) is 79.4 cm³/mol. The van der Waals surface area contributed by atoms with E-state index in [1.54, 1.807) is 4.90 Å². The first-order valence-corrected chi connectivity index (χ1v) is 8.26. The number of ether oxygens (including phenoxy) is 1. The molecule has 4 nitrogen and oxygen atoms in total. The molecule has 0 aromatic carbocycles. The summed E-state index contributed by atoms with van der Waals surface area (Å²) in [5.41, 5.74) is 0. The highest BCUT2D eigenvalue weighted by atomic mass is 16.5. The Balaban J connectivity index is 1.44. The Morgan fingerprint density at radius 2 is 1.90 bits per heavy atom. The Bertz CT molecular complexity index is 439. The standard InChI is InChI=1S/C17H25NO3/c1-18(14-5-3-2-4-6-14)16(19)11-21-17(20)15-10-12-7-8-13(15)9-12/h7-8,12-15H,2-6,9-11H2,1H3/t12-,13-,15-/m0/s1. The van der Waals surface area contributed by atoms with Crippen molar-refractivity contribution in [1.29, 1.82) is 0 Å². The van der Waals surface area contributed by atoms with E-state index in [0.717, 1.165) is 25.7 Å². The molecule has 0 aromatic heterocycles. The molecular weight excluding hydrogens is 266 g/mol. The average molecular weight is 291 g/mol. The van der Waals surface area contributed by atoms with E-state index in [9.17, 15) is 9.59 Å². The number of nitrogens with zero attached hydrogens (tertiary/aromatic N) is 1. The van der Waals surface area contributed by atoms with Crippen molar-refractivity contribution >= 4 is 11.9 Å². The van der Waals surface area contributed by atoms with E-state index in [4.69, 9.17) is 4.74 Å². The lowest BCUT2D eigenvalue weighted by molar-refractivity contribution is -0.156. The van der Waals surface area contributed by atoms with Crippen LogP contribution in [-0.2, 0) is 14.3 Å². The SMILES string of the molecule is CN(C(=O)COC(=O)[C@H]1C[C@H]2C=C[C@H]1C2)C1CCCCC1. The number of fused-ring (bicyclic) bond motifs is 2. The molecule has 0 spiro atoms. The first-order chi connectivity index (χ1) is 10.1. The third kappa shape index (κ3) is 3.14. The van der Waals surface area contributed by atoms with Crippen LogP contribution in [0.4, 0.5) is 0 Å². The second-order valence-corrected chi connectivity index (χ2v) is 6.79. The summed E-state index contributed by atoms with van der Waals surface area (Å²) in [5.74, 6) is 0.626. The molecule has 0 saturated heterocycles. The first-order valence-electron chi connectivity index (χ1n) is 8.26. The Kier molecular flexibility index (Phi) is 4.32. The van der Waals surface area contributed by atoms with Crippen LogP contribution >= 0.6 is 0 Å². The Morgan fingerprint density at radius 3 is 2.52 bits per heavy atom. The Labute approximate surface area is 126 Å². The molecule has 3 aliphatic rings. The van der Waals surface area contributed by atoms with E-state index in [1.807, 2.05) is 7.05 Å². The number of carbonyl (C=O) groups excluding carboxylic acids is 2. The van der Waals surface area contributed by atoms with Gasteiger partial charge in [-0.2, -0.15) is 0 Å². The van der Waals surface area contributed by atoms with Crippen LogP contribution in [-0.4, -0.2) is 36.5 Å². The highest BCUT2D eigenvalue weighted by Crippen LogP contribution is 2.43. The molecule has 0 aliphatic heterocycles. The fraction of sp³-hybridized carbons (Fsp3) is 0.765. The summed E-state index contributed by atoms with van der Waals surface area (Å²) in [4.78, 5) is 26.1. The smallest absolute Gasteiger partial charge is 0.310 e. The van der Waals surface area contributed by atoms with Crippen molar-refractivity contribution in [2.45, 2.75) is 51.0 Å². The molecule has 3 aliphatic carbocycles. The number of hydrogen-bond donors (Lipinski definition) is 0. The number of hydrogen-bond acceptors (Lipinski definition) is 3. The molecule has 3 atom stereocenters. The number of rotatable bonds is 4. The lowest BCUT2D eigenvalue weighted by Crippen LogP contribution is -2.41. The quantitative estimate of drug-likeness (QED) is 0.590. The molecule has 4 heteroatoms. The first kappa shape index (κ1) is 14.6. The van der Waals surface area contributed by atoms with Crippen molar-refractivity contribution in [3.8, 4) is 0 Å². The van der Waals surface area contributed by atoms with Crippen LogP contribution < -0.4 is 0 Å². The van der Waals surface area contributed by atoms with Crippen LogP contribution in [0.5, 0.6) is 0 Å². The molecule has 0 heterocycles. The maximum absolute atomic E-state index is 12.2. The summed E-state index contributed by atoms with van der Waals surface area (Å²) < 4.78 is 5.29. The zero-order valence-electron chi connectivity index (χ0n) is 12.8. The van der Waals surface area contributed by atoms with Gasteiger partial charge in [0.1, 0.15) is 0 Å². The van der Waals surface area contributed by atoms with Crippen LogP contribution in [0.25, 0.3) is 0 Å². The molecule has 0 radical (unpaired) electrons. The molecule has 0 N–H and O–H groups in total. The third-order valence-corrected chi connectivity index (χ3v) is 5.44. The number of carbonyl (C=O) groups is 2. The number of esters is 1. The van der Waals surface area contributed by atoms with Crippen LogP contribution in [0, 0.1) is 17.8 Å². The molecule has 2 saturated carbocycles. The van der Waals surface area contributed by atoms with Gasteiger partial charge >= 0.3 is 5.97 Å². The van der Waals surface area contributed by atoms with E-state index < -0.39 is 0 Å². The van der Waals surface area contributed by atoms with Crippen molar-refractivity contribution in [1.82, 2.24) is 4.90 Å². The Hall–Kier alpha value is -1.32. The summed E-state index contributed by atoms with van der Waals surface area (Å²) in [7, 11) is 1.84. The van der Waals surface area contributed by atoms with Crippen molar-refractivity contribution in [3.05, 3.63) is 12.2 Å². The molecule has 0 unspecified atom stereocenters. The Morgan fingerprint density at radius 1 is 1.14 bits per heavy atom. The second kappa shape index (κ2) is 6.20. The van der Waals surface area contributed by atoms with E-state index in [2.05, 4.69) is 12.2 Å². The van der Waals surface area contributed by atoms with Crippen molar-refractivity contribution < 1.29 is 14.3 Å². The summed E-state index contributed by atoms with van der Waals surface area (Å²) in [6, 6.07) is 0.329. The normalized spacial score (nSPS) is 31.4. The second-order valence-electron chi connectivity index (χ2n) is 6.79. The van der Waals surface area contributed by atoms with Crippen LogP contribution in [0.1, 0.15) is 44.9 Å². The molecule has 3 rings (SSSR count). The molecule has 2 bridgehead atoms. The highest BCUT2D eigenvalue weighted by Gasteiger charge is 2.41. The van der Waals surface area contributed by atoms with E-state index >= 15 is 0 Å². The van der Waals surface area contributed by atoms with Gasteiger partial charge in [0.2, 0.25) is 0 Å². The third-order valence-electron chi connectivity index (χ3n) is 5.44. The van der Waals surface area contributed by atoms with E-state index in [1.165, 1.54) is 19.3 Å². The molecule has 21 heavy (non-hydrogen) atoms. The lowest BCUT2D eigenvalue weighted by atomic mass is 9.94. The van der Waals surface area contributed by atoms with Gasteiger partial charge in [-0.3, -0.25) is 9.59 Å². The predicted octanol–water partition coefficient (Wildman–Crippen LogP) is 2.53. The maximum Gasteiger partial charge on any atom is 0.310 e. The largest absolute Gasteiger partial charge is 0.455 e. The van der Waals surface area contributed by atoms with Gasteiger partial charge in [-0.1, -0.05) is 31.4 Å². The molecule has 1 amide bonds. The van der Waals surface area contributed by atoms with Gasteiger partial charge in [0.05, 0.1) is 5.92 Å². The summed E-state index contributed by atoms with van der Waals surface area (Å²) >= 11 is 0. The monoisotopic (exact) mass is 291 g/mol. The maximum atomic E-state index is 12.2. The van der Waals surface area contributed by atoms with Crippen LogP contribution in [0.15, 0.2) is 12.2 Å². The fourth-order valence-corrected chi connectivity index (χ4v) is 4.07. The number of allylic oxidation sites excluding steroid dienone is 2. The minimum Gasteiger partial charge on any atom is -0.455 e. The minimum atomic E-state index is -0.183. The zero-order valence-corrected chi connectivity index (χ0v) is 12.8. The van der Waals surface area contributed by atoms with Gasteiger partial charge in [-0.05, 0) is 37.5 Å². The minimum absolute atomic E-state index is 0.0206.